The van der Waals surface area contributed by atoms with Crippen molar-refractivity contribution in [2.45, 2.75) is 52.9 Å². The molecule has 1 fully saturated rings. The fourth-order valence-corrected chi connectivity index (χ4v) is 2.63. The van der Waals surface area contributed by atoms with Crippen LogP contribution in [0.5, 0.6) is 0 Å². The molecule has 1 saturated heterocycles. The summed E-state index contributed by atoms with van der Waals surface area (Å²) < 4.78 is 5.53. The van der Waals surface area contributed by atoms with Gasteiger partial charge in [-0.15, -0.1) is 0 Å². The lowest BCUT2D eigenvalue weighted by Crippen LogP contribution is -2.22. The van der Waals surface area contributed by atoms with E-state index >= 15 is 0 Å². The van der Waals surface area contributed by atoms with E-state index in [9.17, 15) is 0 Å². The second-order valence-corrected chi connectivity index (χ2v) is 4.92. The monoisotopic (exact) mass is 184 g/mol. The van der Waals surface area contributed by atoms with Crippen LogP contribution in [0.4, 0.5) is 0 Å². The SMILES string of the molecule is CCC1(CC(C)C)CCCOCC1. The average molecular weight is 184 g/mol. The highest BCUT2D eigenvalue weighted by atomic mass is 16.5. The summed E-state index contributed by atoms with van der Waals surface area (Å²) in [4.78, 5) is 0. The van der Waals surface area contributed by atoms with Crippen LogP contribution in [0.1, 0.15) is 52.9 Å². The van der Waals surface area contributed by atoms with Crippen LogP contribution in [0.15, 0.2) is 0 Å². The van der Waals surface area contributed by atoms with Gasteiger partial charge in [0.2, 0.25) is 0 Å². The summed E-state index contributed by atoms with van der Waals surface area (Å²) >= 11 is 0. The van der Waals surface area contributed by atoms with Crippen molar-refractivity contribution >= 4 is 0 Å². The minimum atomic E-state index is 0.602. The van der Waals surface area contributed by atoms with E-state index in [-0.39, 0.29) is 0 Å². The average Bonchev–Trinajstić information content (AvgIpc) is 2.30. The Labute approximate surface area is 82.9 Å². The lowest BCUT2D eigenvalue weighted by atomic mass is 9.72. The first-order valence-electron chi connectivity index (χ1n) is 5.76. The second kappa shape index (κ2) is 4.99. The maximum absolute atomic E-state index is 5.53. The van der Waals surface area contributed by atoms with Gasteiger partial charge in [-0.2, -0.15) is 0 Å². The molecular formula is C12H24O. The van der Waals surface area contributed by atoms with Crippen LogP contribution in [-0.4, -0.2) is 13.2 Å². The fourth-order valence-electron chi connectivity index (χ4n) is 2.63. The smallest absolute Gasteiger partial charge is 0.0471 e. The van der Waals surface area contributed by atoms with Gasteiger partial charge in [-0.05, 0) is 37.0 Å². The third-order valence-electron chi connectivity index (χ3n) is 3.36. The van der Waals surface area contributed by atoms with Gasteiger partial charge in [0.05, 0.1) is 0 Å². The normalized spacial score (nSPS) is 30.5. The van der Waals surface area contributed by atoms with E-state index in [4.69, 9.17) is 4.74 Å². The molecule has 0 aromatic rings. The van der Waals surface area contributed by atoms with Gasteiger partial charge in [0, 0.05) is 13.2 Å². The van der Waals surface area contributed by atoms with Gasteiger partial charge in [-0.1, -0.05) is 27.2 Å². The molecule has 1 rings (SSSR count). The van der Waals surface area contributed by atoms with Gasteiger partial charge < -0.3 is 4.74 Å². The predicted octanol–water partition coefficient (Wildman–Crippen LogP) is 3.63. The zero-order valence-corrected chi connectivity index (χ0v) is 9.44. The van der Waals surface area contributed by atoms with E-state index in [0.717, 1.165) is 19.1 Å². The summed E-state index contributed by atoms with van der Waals surface area (Å²) in [5, 5.41) is 0. The highest BCUT2D eigenvalue weighted by Gasteiger charge is 2.29. The molecule has 1 aliphatic heterocycles. The Morgan fingerprint density at radius 3 is 2.62 bits per heavy atom. The van der Waals surface area contributed by atoms with Gasteiger partial charge in [-0.3, -0.25) is 0 Å². The Bertz CT molecular complexity index is 132. The van der Waals surface area contributed by atoms with Crippen molar-refractivity contribution in [2.75, 3.05) is 13.2 Å². The molecule has 0 saturated carbocycles. The van der Waals surface area contributed by atoms with Gasteiger partial charge in [-0.25, -0.2) is 0 Å². The lowest BCUT2D eigenvalue weighted by molar-refractivity contribution is 0.121. The third kappa shape index (κ3) is 3.30. The van der Waals surface area contributed by atoms with Crippen molar-refractivity contribution in [1.82, 2.24) is 0 Å². The molecule has 0 aromatic carbocycles. The maximum Gasteiger partial charge on any atom is 0.0471 e. The highest BCUT2D eigenvalue weighted by molar-refractivity contribution is 4.80. The molecule has 1 atom stereocenters. The van der Waals surface area contributed by atoms with Gasteiger partial charge in [0.15, 0.2) is 0 Å². The Morgan fingerprint density at radius 2 is 2.00 bits per heavy atom. The van der Waals surface area contributed by atoms with Crippen molar-refractivity contribution in [2.24, 2.45) is 11.3 Å². The summed E-state index contributed by atoms with van der Waals surface area (Å²) in [6.07, 6.45) is 6.63. The molecule has 0 aromatic heterocycles. The van der Waals surface area contributed by atoms with Crippen LogP contribution < -0.4 is 0 Å². The number of ether oxygens (including phenoxy) is 1. The molecule has 1 aliphatic rings. The molecule has 13 heavy (non-hydrogen) atoms. The van der Waals surface area contributed by atoms with E-state index in [1.165, 1.54) is 32.1 Å². The summed E-state index contributed by atoms with van der Waals surface area (Å²) in [6, 6.07) is 0. The van der Waals surface area contributed by atoms with Gasteiger partial charge in [0.1, 0.15) is 0 Å². The first-order valence-corrected chi connectivity index (χ1v) is 5.76. The van der Waals surface area contributed by atoms with E-state index in [1.807, 2.05) is 0 Å². The molecule has 0 bridgehead atoms. The van der Waals surface area contributed by atoms with Crippen LogP contribution >= 0.6 is 0 Å². The Morgan fingerprint density at radius 1 is 1.23 bits per heavy atom. The molecule has 1 unspecified atom stereocenters. The Balaban J connectivity index is 2.53. The Kier molecular flexibility index (Phi) is 4.24. The molecule has 0 aliphatic carbocycles. The van der Waals surface area contributed by atoms with Crippen LogP contribution in [0.25, 0.3) is 0 Å². The van der Waals surface area contributed by atoms with Crippen LogP contribution in [0.3, 0.4) is 0 Å². The predicted molar refractivity (Wildman–Crippen MR) is 56.8 cm³/mol. The molecule has 78 valence electrons. The summed E-state index contributed by atoms with van der Waals surface area (Å²) in [6.45, 7) is 8.99. The van der Waals surface area contributed by atoms with E-state index in [1.54, 1.807) is 0 Å². The van der Waals surface area contributed by atoms with Crippen molar-refractivity contribution < 1.29 is 4.74 Å². The first kappa shape index (κ1) is 11.0. The van der Waals surface area contributed by atoms with Gasteiger partial charge >= 0.3 is 0 Å². The van der Waals surface area contributed by atoms with E-state index < -0.39 is 0 Å². The van der Waals surface area contributed by atoms with E-state index in [2.05, 4.69) is 20.8 Å². The topological polar surface area (TPSA) is 9.23 Å². The zero-order valence-electron chi connectivity index (χ0n) is 9.44. The quantitative estimate of drug-likeness (QED) is 0.651. The van der Waals surface area contributed by atoms with Crippen molar-refractivity contribution in [3.63, 3.8) is 0 Å². The largest absolute Gasteiger partial charge is 0.381 e. The summed E-state index contributed by atoms with van der Waals surface area (Å²) in [5.41, 5.74) is 0.602. The lowest BCUT2D eigenvalue weighted by Gasteiger charge is -2.32. The number of rotatable bonds is 3. The minimum Gasteiger partial charge on any atom is -0.381 e. The molecular weight excluding hydrogens is 160 g/mol. The van der Waals surface area contributed by atoms with Gasteiger partial charge in [0.25, 0.3) is 0 Å². The molecule has 1 heteroatoms. The molecule has 1 nitrogen and oxygen atoms in total. The third-order valence-corrected chi connectivity index (χ3v) is 3.36. The summed E-state index contributed by atoms with van der Waals surface area (Å²) in [5.74, 6) is 0.832. The minimum absolute atomic E-state index is 0.602. The first-order chi connectivity index (χ1) is 6.18. The number of hydrogen-bond acceptors (Lipinski definition) is 1. The van der Waals surface area contributed by atoms with E-state index in [0.29, 0.717) is 5.41 Å². The van der Waals surface area contributed by atoms with Crippen molar-refractivity contribution in [3.05, 3.63) is 0 Å². The van der Waals surface area contributed by atoms with Crippen molar-refractivity contribution in [3.8, 4) is 0 Å². The number of hydrogen-bond donors (Lipinski definition) is 0. The Hall–Kier alpha value is -0.0400. The second-order valence-electron chi connectivity index (χ2n) is 4.92. The zero-order chi connectivity index (χ0) is 9.73. The maximum atomic E-state index is 5.53. The fraction of sp³-hybridized carbons (Fsp3) is 1.00. The van der Waals surface area contributed by atoms with Crippen LogP contribution in [-0.2, 0) is 4.74 Å². The molecule has 1 heterocycles. The standard InChI is InChI=1S/C12H24O/c1-4-12(10-11(2)3)6-5-8-13-9-7-12/h11H,4-10H2,1-3H3. The molecule has 0 N–H and O–H groups in total. The van der Waals surface area contributed by atoms with Crippen LogP contribution in [0.2, 0.25) is 0 Å². The summed E-state index contributed by atoms with van der Waals surface area (Å²) in [7, 11) is 0. The molecule has 0 radical (unpaired) electrons. The van der Waals surface area contributed by atoms with Crippen LogP contribution in [0, 0.1) is 11.3 Å². The van der Waals surface area contributed by atoms with Crippen molar-refractivity contribution in [1.29, 1.82) is 0 Å². The molecule has 0 amide bonds. The highest BCUT2D eigenvalue weighted by Crippen LogP contribution is 2.39. The molecule has 0 spiro atoms.